The van der Waals surface area contributed by atoms with E-state index in [0.717, 1.165) is 12.1 Å². The van der Waals surface area contributed by atoms with Gasteiger partial charge in [-0.25, -0.2) is 0 Å². The Bertz CT molecular complexity index is 612. The van der Waals surface area contributed by atoms with E-state index in [-0.39, 0.29) is 5.91 Å². The number of hydrogen-bond acceptors (Lipinski definition) is 5. The lowest BCUT2D eigenvalue weighted by molar-refractivity contribution is -0.122. The third-order valence-electron chi connectivity index (χ3n) is 3.12. The van der Waals surface area contributed by atoms with Gasteiger partial charge in [0.05, 0.1) is 13.1 Å². The zero-order valence-electron chi connectivity index (χ0n) is 12.7. The molecule has 1 heterocycles. The normalized spacial score (nSPS) is 10.9. The summed E-state index contributed by atoms with van der Waals surface area (Å²) in [6.07, 6.45) is 0. The summed E-state index contributed by atoms with van der Waals surface area (Å²) in [6.45, 7) is 5.96. The fourth-order valence-corrected chi connectivity index (χ4v) is 2.09. The molecule has 118 valence electrons. The summed E-state index contributed by atoms with van der Waals surface area (Å²) >= 11 is 5.86. The van der Waals surface area contributed by atoms with E-state index in [1.165, 1.54) is 0 Å². The first-order chi connectivity index (χ1) is 10.6. The lowest BCUT2D eigenvalue weighted by Crippen LogP contribution is -2.36. The summed E-state index contributed by atoms with van der Waals surface area (Å²) in [6, 6.07) is 7.23. The third-order valence-corrected chi connectivity index (χ3v) is 3.37. The molecule has 6 nitrogen and oxygen atoms in total. The van der Waals surface area contributed by atoms with Gasteiger partial charge < -0.3 is 9.84 Å². The molecule has 0 saturated heterocycles. The molecule has 1 aromatic heterocycles. The highest BCUT2D eigenvalue weighted by Gasteiger charge is 2.14. The van der Waals surface area contributed by atoms with Crippen molar-refractivity contribution in [2.45, 2.75) is 20.4 Å². The number of benzene rings is 1. The van der Waals surface area contributed by atoms with Crippen LogP contribution in [0.25, 0.3) is 11.4 Å². The summed E-state index contributed by atoms with van der Waals surface area (Å²) in [5, 5.41) is 7.39. The van der Waals surface area contributed by atoms with Gasteiger partial charge in [-0.1, -0.05) is 23.7 Å². The maximum absolute atomic E-state index is 11.6. The maximum Gasteiger partial charge on any atom is 0.241 e. The van der Waals surface area contributed by atoms with Crippen molar-refractivity contribution in [3.05, 3.63) is 35.2 Å². The van der Waals surface area contributed by atoms with Gasteiger partial charge in [0, 0.05) is 17.1 Å². The van der Waals surface area contributed by atoms with E-state index in [4.69, 9.17) is 16.1 Å². The summed E-state index contributed by atoms with van der Waals surface area (Å²) < 4.78 is 5.26. The van der Waals surface area contributed by atoms with E-state index in [9.17, 15) is 4.79 Å². The fourth-order valence-electron chi connectivity index (χ4n) is 1.96. The Kier molecular flexibility index (Phi) is 5.91. The molecular formula is C15H19ClN4O2. The quantitative estimate of drug-likeness (QED) is 0.847. The Balaban J connectivity index is 2.01. The van der Waals surface area contributed by atoms with Gasteiger partial charge in [-0.05, 0) is 37.7 Å². The van der Waals surface area contributed by atoms with E-state index >= 15 is 0 Å². The van der Waals surface area contributed by atoms with Gasteiger partial charge in [0.15, 0.2) is 0 Å². The Hall–Kier alpha value is -1.92. The molecule has 7 heteroatoms. The molecule has 0 aliphatic rings. The Morgan fingerprint density at radius 2 is 2.05 bits per heavy atom. The second kappa shape index (κ2) is 7.91. The standard InChI is InChI=1S/C15H19ClN4O2/c1-3-17-13(21)9-20(4-2)10-14-18-15(19-22-14)11-5-7-12(16)8-6-11/h5-8H,3-4,9-10H2,1-2H3,(H,17,21). The number of nitrogens with one attached hydrogen (secondary N) is 1. The largest absolute Gasteiger partial charge is 0.355 e. The summed E-state index contributed by atoms with van der Waals surface area (Å²) in [5.41, 5.74) is 0.839. The minimum Gasteiger partial charge on any atom is -0.355 e. The monoisotopic (exact) mass is 322 g/mol. The number of aromatic nitrogens is 2. The molecular weight excluding hydrogens is 304 g/mol. The summed E-state index contributed by atoms with van der Waals surface area (Å²) in [5.74, 6) is 0.985. The van der Waals surface area contributed by atoms with Gasteiger partial charge in [-0.2, -0.15) is 4.98 Å². The number of carbonyl (C=O) groups is 1. The third kappa shape index (κ3) is 4.54. The summed E-state index contributed by atoms with van der Waals surface area (Å²) in [7, 11) is 0. The topological polar surface area (TPSA) is 71.3 Å². The SMILES string of the molecule is CCNC(=O)CN(CC)Cc1nc(-c2ccc(Cl)cc2)no1. The van der Waals surface area contributed by atoms with E-state index in [2.05, 4.69) is 15.5 Å². The molecule has 0 bridgehead atoms. The fraction of sp³-hybridized carbons (Fsp3) is 0.400. The van der Waals surface area contributed by atoms with Gasteiger partial charge >= 0.3 is 0 Å². The molecule has 0 atom stereocenters. The van der Waals surface area contributed by atoms with Crippen LogP contribution in [0.5, 0.6) is 0 Å². The second-order valence-electron chi connectivity index (χ2n) is 4.78. The van der Waals surface area contributed by atoms with Crippen molar-refractivity contribution in [3.8, 4) is 11.4 Å². The predicted molar refractivity (Wildman–Crippen MR) is 84.4 cm³/mol. The number of hydrogen-bond donors (Lipinski definition) is 1. The average Bonchev–Trinajstić information content (AvgIpc) is 2.96. The number of rotatable bonds is 7. The highest BCUT2D eigenvalue weighted by Crippen LogP contribution is 2.19. The molecule has 1 aromatic carbocycles. The van der Waals surface area contributed by atoms with Crippen LogP contribution in [0.1, 0.15) is 19.7 Å². The van der Waals surface area contributed by atoms with E-state index < -0.39 is 0 Å². The Labute approximate surface area is 134 Å². The van der Waals surface area contributed by atoms with Crippen LogP contribution in [0.2, 0.25) is 5.02 Å². The van der Waals surface area contributed by atoms with Gasteiger partial charge in [0.1, 0.15) is 0 Å². The van der Waals surface area contributed by atoms with Crippen LogP contribution in [0.15, 0.2) is 28.8 Å². The Morgan fingerprint density at radius 1 is 1.32 bits per heavy atom. The lowest BCUT2D eigenvalue weighted by atomic mass is 10.2. The maximum atomic E-state index is 11.6. The van der Waals surface area contributed by atoms with Crippen molar-refractivity contribution in [1.29, 1.82) is 0 Å². The number of halogens is 1. The molecule has 2 rings (SSSR count). The Morgan fingerprint density at radius 3 is 2.68 bits per heavy atom. The van der Waals surface area contributed by atoms with Crippen LogP contribution in [-0.4, -0.2) is 40.6 Å². The van der Waals surface area contributed by atoms with Crippen LogP contribution in [0.3, 0.4) is 0 Å². The smallest absolute Gasteiger partial charge is 0.241 e. The number of carbonyl (C=O) groups excluding carboxylic acids is 1. The molecule has 0 saturated carbocycles. The average molecular weight is 323 g/mol. The van der Waals surface area contributed by atoms with Crippen molar-refractivity contribution in [1.82, 2.24) is 20.4 Å². The van der Waals surface area contributed by atoms with Crippen molar-refractivity contribution in [2.75, 3.05) is 19.6 Å². The molecule has 22 heavy (non-hydrogen) atoms. The minimum atomic E-state index is -0.0122. The second-order valence-corrected chi connectivity index (χ2v) is 5.21. The molecule has 1 N–H and O–H groups in total. The molecule has 0 aliphatic carbocycles. The number of amides is 1. The van der Waals surface area contributed by atoms with E-state index in [0.29, 0.717) is 36.4 Å². The first-order valence-electron chi connectivity index (χ1n) is 7.20. The van der Waals surface area contributed by atoms with Crippen LogP contribution in [-0.2, 0) is 11.3 Å². The van der Waals surface area contributed by atoms with Gasteiger partial charge in [-0.15, -0.1) is 0 Å². The van der Waals surface area contributed by atoms with E-state index in [1.54, 1.807) is 12.1 Å². The minimum absolute atomic E-state index is 0.0122. The lowest BCUT2D eigenvalue weighted by Gasteiger charge is -2.17. The number of likely N-dealkylation sites (N-methyl/N-ethyl adjacent to an activating group) is 2. The number of nitrogens with zero attached hydrogens (tertiary/aromatic N) is 3. The van der Waals surface area contributed by atoms with Crippen LogP contribution in [0.4, 0.5) is 0 Å². The zero-order chi connectivity index (χ0) is 15.9. The molecule has 1 amide bonds. The van der Waals surface area contributed by atoms with Gasteiger partial charge in [0.2, 0.25) is 17.6 Å². The van der Waals surface area contributed by atoms with Crippen LogP contribution < -0.4 is 5.32 Å². The molecule has 0 radical (unpaired) electrons. The predicted octanol–water partition coefficient (Wildman–Crippen LogP) is 2.35. The highest BCUT2D eigenvalue weighted by molar-refractivity contribution is 6.30. The van der Waals surface area contributed by atoms with Gasteiger partial charge in [-0.3, -0.25) is 9.69 Å². The van der Waals surface area contributed by atoms with Gasteiger partial charge in [0.25, 0.3) is 0 Å². The molecule has 0 aliphatic heterocycles. The van der Waals surface area contributed by atoms with Crippen molar-refractivity contribution in [2.24, 2.45) is 0 Å². The molecule has 0 fully saturated rings. The van der Waals surface area contributed by atoms with Crippen molar-refractivity contribution in [3.63, 3.8) is 0 Å². The van der Waals surface area contributed by atoms with Crippen LogP contribution >= 0.6 is 11.6 Å². The highest BCUT2D eigenvalue weighted by atomic mass is 35.5. The van der Waals surface area contributed by atoms with Crippen molar-refractivity contribution < 1.29 is 9.32 Å². The molecule has 0 unspecified atom stereocenters. The first kappa shape index (κ1) is 16.5. The molecule has 2 aromatic rings. The van der Waals surface area contributed by atoms with Crippen LogP contribution in [0, 0.1) is 0 Å². The first-order valence-corrected chi connectivity index (χ1v) is 7.57. The zero-order valence-corrected chi connectivity index (χ0v) is 13.4. The summed E-state index contributed by atoms with van der Waals surface area (Å²) in [4.78, 5) is 17.9. The molecule has 0 spiro atoms. The van der Waals surface area contributed by atoms with E-state index in [1.807, 2.05) is 30.9 Å². The van der Waals surface area contributed by atoms with Crippen molar-refractivity contribution >= 4 is 17.5 Å².